The summed E-state index contributed by atoms with van der Waals surface area (Å²) in [5, 5.41) is 0. The summed E-state index contributed by atoms with van der Waals surface area (Å²) in [5.41, 5.74) is 0.715. The first kappa shape index (κ1) is 16.7. The van der Waals surface area contributed by atoms with E-state index in [1.807, 2.05) is 0 Å². The van der Waals surface area contributed by atoms with Crippen molar-refractivity contribution in [3.8, 4) is 0 Å². The van der Waals surface area contributed by atoms with Gasteiger partial charge in [0.15, 0.2) is 0 Å². The molecule has 0 aromatic heterocycles. The molecule has 0 spiro atoms. The summed E-state index contributed by atoms with van der Waals surface area (Å²) in [6.07, 6.45) is 4.62. The SMILES string of the molecule is C[C-]1C=CC(C)C(C)(C)C1(C)C.[I][Ru][I]. The normalized spacial score (nSPS) is 27.2. The Kier molecular flexibility index (Phi) is 7.32. The standard InChI is InChI=1S/C12H21.2HI.Ru/c1-9-7-8-10(2)12(5,6)11(9,3)4;;;/h7-9H,1-6H3;2*1H;/q-1;;;+2/p-2. The Morgan fingerprint density at radius 1 is 1.20 bits per heavy atom. The van der Waals surface area contributed by atoms with E-state index in [4.69, 9.17) is 0 Å². The van der Waals surface area contributed by atoms with Crippen LogP contribution in [0.2, 0.25) is 0 Å². The monoisotopic (exact) mass is 521 g/mol. The summed E-state index contributed by atoms with van der Waals surface area (Å²) in [5.74, 6) is 2.18. The average Bonchev–Trinajstić information content (AvgIpc) is 2.12. The topological polar surface area (TPSA) is 0 Å². The Balaban J connectivity index is 0.000000583. The van der Waals surface area contributed by atoms with Crippen LogP contribution in [-0.4, -0.2) is 0 Å². The van der Waals surface area contributed by atoms with Crippen molar-refractivity contribution in [1.29, 1.82) is 0 Å². The Morgan fingerprint density at radius 3 is 1.93 bits per heavy atom. The van der Waals surface area contributed by atoms with Crippen LogP contribution in [0.5, 0.6) is 0 Å². The minimum atomic E-state index is 0.334. The van der Waals surface area contributed by atoms with E-state index in [2.05, 4.69) is 93.2 Å². The molecule has 0 aromatic rings. The summed E-state index contributed by atoms with van der Waals surface area (Å²) < 4.78 is 0. The van der Waals surface area contributed by atoms with Crippen molar-refractivity contribution in [3.63, 3.8) is 0 Å². The zero-order valence-electron chi connectivity index (χ0n) is 10.3. The maximum absolute atomic E-state index is 2.37. The molecule has 15 heavy (non-hydrogen) atoms. The molecule has 0 heterocycles. The first-order valence-electron chi connectivity index (χ1n) is 5.09. The van der Waals surface area contributed by atoms with Gasteiger partial charge in [0, 0.05) is 0 Å². The third kappa shape index (κ3) is 3.84. The summed E-state index contributed by atoms with van der Waals surface area (Å²) in [4.78, 5) is 0. The van der Waals surface area contributed by atoms with Gasteiger partial charge in [-0.15, -0.1) is 6.92 Å². The van der Waals surface area contributed by atoms with Crippen LogP contribution in [-0.2, 0) is 10.1 Å². The first-order chi connectivity index (χ1) is 6.71. The molecule has 92 valence electrons. The molecule has 1 aliphatic rings. The second kappa shape index (κ2) is 6.58. The van der Waals surface area contributed by atoms with Gasteiger partial charge in [0.05, 0.1) is 0 Å². The van der Waals surface area contributed by atoms with Crippen molar-refractivity contribution >= 4 is 39.5 Å². The van der Waals surface area contributed by atoms with Crippen LogP contribution >= 0.6 is 39.5 Å². The summed E-state index contributed by atoms with van der Waals surface area (Å²) in [6.45, 7) is 14.0. The molecule has 0 radical (unpaired) electrons. The van der Waals surface area contributed by atoms with Crippen LogP contribution in [0.3, 0.4) is 0 Å². The molecular weight excluding hydrogens is 499 g/mol. The Bertz CT molecular complexity index is 200. The van der Waals surface area contributed by atoms with Crippen LogP contribution < -0.4 is 0 Å². The zero-order valence-corrected chi connectivity index (χ0v) is 16.4. The van der Waals surface area contributed by atoms with Gasteiger partial charge in [-0.05, 0) is 0 Å². The summed E-state index contributed by atoms with van der Waals surface area (Å²) >= 11 is 4.73. The van der Waals surface area contributed by atoms with E-state index in [0.717, 1.165) is 0 Å². The number of allylic oxidation sites excluding steroid dienone is 2. The minimum absolute atomic E-state index is 0.334. The predicted molar refractivity (Wildman–Crippen MR) is 82.8 cm³/mol. The van der Waals surface area contributed by atoms with E-state index in [1.165, 1.54) is 5.92 Å². The third-order valence-electron chi connectivity index (χ3n) is 4.37. The van der Waals surface area contributed by atoms with Crippen LogP contribution in [0.4, 0.5) is 0 Å². The molecule has 1 unspecified atom stereocenters. The molecule has 0 amide bonds. The van der Waals surface area contributed by atoms with Crippen LogP contribution in [0.15, 0.2) is 12.2 Å². The molecule has 3 heteroatoms. The summed E-state index contributed by atoms with van der Waals surface area (Å²) in [7, 11) is 0.650. The molecule has 0 N–H and O–H groups in total. The molecule has 0 bridgehead atoms. The number of rotatable bonds is 0. The zero-order chi connectivity index (χ0) is 12.3. The van der Waals surface area contributed by atoms with Gasteiger partial charge >= 0.3 is 49.6 Å². The van der Waals surface area contributed by atoms with Gasteiger partial charge in [0.2, 0.25) is 0 Å². The molecule has 0 saturated carbocycles. The quantitative estimate of drug-likeness (QED) is 0.222. The molecule has 1 aliphatic carbocycles. The van der Waals surface area contributed by atoms with E-state index in [9.17, 15) is 0 Å². The number of halogens is 2. The van der Waals surface area contributed by atoms with Gasteiger partial charge in [0.25, 0.3) is 0 Å². The van der Waals surface area contributed by atoms with Crippen LogP contribution in [0, 0.1) is 22.7 Å². The van der Waals surface area contributed by atoms with Gasteiger partial charge in [-0.25, -0.2) is 18.1 Å². The van der Waals surface area contributed by atoms with Crippen molar-refractivity contribution in [2.75, 3.05) is 0 Å². The molecule has 0 nitrogen and oxygen atoms in total. The number of hydrogen-bond acceptors (Lipinski definition) is 0. The Labute approximate surface area is 124 Å². The molecule has 1 atom stereocenters. The molecule has 0 aliphatic heterocycles. The number of hydrogen-bond donors (Lipinski definition) is 0. The molecular formula is C12H21I2Ru-. The van der Waals surface area contributed by atoms with Gasteiger partial charge in [-0.3, -0.25) is 0 Å². The van der Waals surface area contributed by atoms with E-state index in [0.29, 0.717) is 26.8 Å². The van der Waals surface area contributed by atoms with Crippen molar-refractivity contribution < 1.29 is 10.1 Å². The molecule has 1 rings (SSSR count). The fraction of sp³-hybridized carbons (Fsp3) is 0.750. The van der Waals surface area contributed by atoms with Crippen LogP contribution in [0.25, 0.3) is 0 Å². The molecule has 0 fully saturated rings. The van der Waals surface area contributed by atoms with Crippen molar-refractivity contribution in [1.82, 2.24) is 0 Å². The predicted octanol–water partition coefficient (Wildman–Crippen LogP) is 5.61. The fourth-order valence-electron chi connectivity index (χ4n) is 1.81. The van der Waals surface area contributed by atoms with E-state index >= 15 is 0 Å². The average molecular weight is 520 g/mol. The van der Waals surface area contributed by atoms with Crippen molar-refractivity contribution in [2.24, 2.45) is 16.7 Å². The van der Waals surface area contributed by atoms with E-state index in [1.54, 1.807) is 0 Å². The maximum atomic E-state index is 2.37. The van der Waals surface area contributed by atoms with Crippen molar-refractivity contribution in [2.45, 2.75) is 41.5 Å². The second-order valence-electron chi connectivity index (χ2n) is 5.23. The van der Waals surface area contributed by atoms with Crippen molar-refractivity contribution in [3.05, 3.63) is 18.1 Å². The van der Waals surface area contributed by atoms with E-state index in [-0.39, 0.29) is 0 Å². The molecule has 0 aromatic carbocycles. The van der Waals surface area contributed by atoms with Gasteiger partial charge < -0.3 is 0 Å². The van der Waals surface area contributed by atoms with Gasteiger partial charge in [-0.2, -0.15) is 0 Å². The second-order valence-corrected chi connectivity index (χ2v) is 18.6. The fourth-order valence-corrected chi connectivity index (χ4v) is 1.81. The molecule has 0 saturated heterocycles. The summed E-state index contributed by atoms with van der Waals surface area (Å²) in [6, 6.07) is 0. The van der Waals surface area contributed by atoms with Gasteiger partial charge in [0.1, 0.15) is 0 Å². The van der Waals surface area contributed by atoms with Gasteiger partial charge in [-0.1, -0.05) is 51.4 Å². The Hall–Kier alpha value is 1.69. The Morgan fingerprint density at radius 2 is 1.60 bits per heavy atom. The third-order valence-corrected chi connectivity index (χ3v) is 4.37. The van der Waals surface area contributed by atoms with Crippen LogP contribution in [0.1, 0.15) is 41.5 Å². The first-order valence-corrected chi connectivity index (χ1v) is 15.4. The van der Waals surface area contributed by atoms with E-state index < -0.39 is 0 Å².